The summed E-state index contributed by atoms with van der Waals surface area (Å²) in [6, 6.07) is 46.0. The predicted molar refractivity (Wildman–Crippen MR) is 169 cm³/mol. The van der Waals surface area contributed by atoms with E-state index in [-0.39, 0.29) is 0 Å². The van der Waals surface area contributed by atoms with E-state index < -0.39 is 7.14 Å². The van der Waals surface area contributed by atoms with Crippen molar-refractivity contribution in [2.75, 3.05) is 0 Å². The number of para-hydroxylation sites is 2. The first-order valence-electron chi connectivity index (χ1n) is 13.5. The largest absolute Gasteiger partial charge is 0.436 e. The molecule has 0 unspecified atom stereocenters. The van der Waals surface area contributed by atoms with Crippen molar-refractivity contribution in [3.05, 3.63) is 140 Å². The topological polar surface area (TPSA) is 56.0 Å². The number of hydrogen-bond donors (Lipinski definition) is 0. The van der Waals surface area contributed by atoms with Gasteiger partial charge in [-0.1, -0.05) is 115 Å². The maximum Gasteiger partial charge on any atom is 0.246 e. The quantitative estimate of drug-likeness (QED) is 0.210. The first-order valence-corrected chi connectivity index (χ1v) is 15.2. The Morgan fingerprint density at radius 2 is 1.12 bits per heavy atom. The number of fused-ring (bicyclic) bond motifs is 6. The van der Waals surface area contributed by atoms with E-state index >= 15 is 0 Å². The Bertz CT molecular complexity index is 2230. The Hall–Kier alpha value is -5.05. The Morgan fingerprint density at radius 3 is 1.80 bits per heavy atom. The van der Waals surface area contributed by atoms with E-state index in [1.807, 2.05) is 103 Å². The maximum absolute atomic E-state index is 14.7. The van der Waals surface area contributed by atoms with Gasteiger partial charge >= 0.3 is 0 Å². The van der Waals surface area contributed by atoms with Gasteiger partial charge in [-0.15, -0.1) is 0 Å². The molecule has 0 atom stereocenters. The van der Waals surface area contributed by atoms with Crippen molar-refractivity contribution in [3.63, 3.8) is 0 Å². The van der Waals surface area contributed by atoms with Gasteiger partial charge in [-0.25, -0.2) is 9.97 Å². The highest BCUT2D eigenvalue weighted by molar-refractivity contribution is 7.85. The van der Waals surface area contributed by atoms with E-state index in [9.17, 15) is 4.57 Å². The van der Waals surface area contributed by atoms with Gasteiger partial charge in [-0.2, -0.15) is 0 Å². The second-order valence-corrected chi connectivity index (χ2v) is 12.9. The van der Waals surface area contributed by atoms with Crippen molar-refractivity contribution in [2.45, 2.75) is 0 Å². The minimum Gasteiger partial charge on any atom is -0.436 e. The molecule has 0 N–H and O–H groups in total. The van der Waals surface area contributed by atoms with Crippen LogP contribution >= 0.6 is 7.14 Å². The fourth-order valence-corrected chi connectivity index (χ4v) is 8.37. The second kappa shape index (κ2) is 9.26. The monoisotopic (exact) mass is 546 g/mol. The van der Waals surface area contributed by atoms with Crippen molar-refractivity contribution < 1.29 is 8.98 Å². The lowest BCUT2D eigenvalue weighted by Gasteiger charge is -2.20. The van der Waals surface area contributed by atoms with Gasteiger partial charge in [0.25, 0.3) is 0 Å². The summed E-state index contributed by atoms with van der Waals surface area (Å²) >= 11 is 0. The van der Waals surface area contributed by atoms with E-state index in [1.165, 1.54) is 0 Å². The zero-order valence-corrected chi connectivity index (χ0v) is 22.8. The van der Waals surface area contributed by atoms with Crippen LogP contribution in [-0.4, -0.2) is 9.97 Å². The van der Waals surface area contributed by atoms with Crippen LogP contribution in [0.4, 0.5) is 0 Å². The molecular formula is C36H23N2O2P. The Morgan fingerprint density at radius 1 is 0.537 bits per heavy atom. The lowest BCUT2D eigenvalue weighted by atomic mass is 9.99. The van der Waals surface area contributed by atoms with E-state index in [0.29, 0.717) is 5.71 Å². The summed E-state index contributed by atoms with van der Waals surface area (Å²) < 4.78 is 20.8. The summed E-state index contributed by atoms with van der Waals surface area (Å²) in [6.45, 7) is 0. The molecule has 0 fully saturated rings. The average molecular weight is 547 g/mol. The molecule has 0 bridgehead atoms. The molecule has 0 aliphatic heterocycles. The highest BCUT2D eigenvalue weighted by atomic mass is 31.2. The summed E-state index contributed by atoms with van der Waals surface area (Å²) in [6.07, 6.45) is 0. The molecule has 0 aliphatic rings. The van der Waals surface area contributed by atoms with Crippen molar-refractivity contribution in [1.82, 2.24) is 9.97 Å². The molecule has 0 radical (unpaired) electrons. The average Bonchev–Trinajstić information content (AvgIpc) is 3.41. The normalized spacial score (nSPS) is 12.0. The molecule has 0 spiro atoms. The number of rotatable bonds is 4. The Kier molecular flexibility index (Phi) is 5.38. The van der Waals surface area contributed by atoms with Crippen LogP contribution in [0.2, 0.25) is 0 Å². The Labute approximate surface area is 236 Å². The molecule has 4 nitrogen and oxygen atoms in total. The molecule has 194 valence electrons. The molecule has 41 heavy (non-hydrogen) atoms. The molecule has 2 aromatic heterocycles. The van der Waals surface area contributed by atoms with Crippen molar-refractivity contribution in [3.8, 4) is 11.1 Å². The van der Waals surface area contributed by atoms with Gasteiger partial charge in [0.1, 0.15) is 11.1 Å². The van der Waals surface area contributed by atoms with Crippen LogP contribution in [0.1, 0.15) is 0 Å². The summed E-state index contributed by atoms with van der Waals surface area (Å²) in [7, 11) is -3.01. The lowest BCUT2D eigenvalue weighted by Crippen LogP contribution is -2.24. The van der Waals surface area contributed by atoms with Gasteiger partial charge < -0.3 is 8.98 Å². The maximum atomic E-state index is 14.7. The zero-order valence-electron chi connectivity index (χ0n) is 21.9. The minimum atomic E-state index is -3.01. The van der Waals surface area contributed by atoms with Gasteiger partial charge in [0.05, 0.1) is 16.4 Å². The summed E-state index contributed by atoms with van der Waals surface area (Å²) in [5.74, 6) is 0. The third kappa shape index (κ3) is 3.80. The van der Waals surface area contributed by atoms with E-state index in [2.05, 4.69) is 36.4 Å². The molecule has 0 amide bonds. The minimum absolute atomic E-state index is 0.548. The lowest BCUT2D eigenvalue weighted by molar-refractivity contribution is 0.592. The number of aromatic nitrogens is 2. The van der Waals surface area contributed by atoms with E-state index in [0.717, 1.165) is 65.3 Å². The molecule has 5 heteroatoms. The molecule has 0 saturated carbocycles. The van der Waals surface area contributed by atoms with Crippen molar-refractivity contribution in [2.24, 2.45) is 0 Å². The zero-order chi connectivity index (χ0) is 27.4. The van der Waals surface area contributed by atoms with Crippen LogP contribution in [0.3, 0.4) is 0 Å². The van der Waals surface area contributed by atoms with E-state index in [4.69, 9.17) is 14.4 Å². The highest BCUT2D eigenvalue weighted by Crippen LogP contribution is 2.43. The Balaban J connectivity index is 1.23. The van der Waals surface area contributed by atoms with Crippen LogP contribution in [0, 0.1) is 0 Å². The van der Waals surface area contributed by atoms with Gasteiger partial charge in [0, 0.05) is 15.9 Å². The van der Waals surface area contributed by atoms with Crippen LogP contribution < -0.4 is 15.9 Å². The van der Waals surface area contributed by atoms with Crippen molar-refractivity contribution in [1.29, 1.82) is 0 Å². The van der Waals surface area contributed by atoms with Crippen LogP contribution in [0.5, 0.6) is 0 Å². The van der Waals surface area contributed by atoms with Crippen molar-refractivity contribution >= 4 is 67.1 Å². The highest BCUT2D eigenvalue weighted by Gasteiger charge is 2.29. The van der Waals surface area contributed by atoms with E-state index in [1.54, 1.807) is 0 Å². The fourth-order valence-electron chi connectivity index (χ4n) is 5.73. The number of benzene rings is 6. The molecule has 6 aromatic carbocycles. The van der Waals surface area contributed by atoms with Crippen LogP contribution in [-0.2, 0) is 4.57 Å². The number of hydrogen-bond acceptors (Lipinski definition) is 4. The molecule has 8 aromatic rings. The first kappa shape index (κ1) is 23.8. The molecule has 2 heterocycles. The standard InChI is InChI=1S/C36H23N2O2P/c39-41(27-9-3-1-4-10-27,28-11-5-2-6-12-28)29-19-15-24(16-20-29)25-17-21-30-26(23-25)18-22-33-34(30)35-36(40-33)38-32-14-8-7-13-31(32)37-35/h1-23H. The summed E-state index contributed by atoms with van der Waals surface area (Å²) in [5.41, 5.74) is 5.91. The third-order valence-electron chi connectivity index (χ3n) is 7.77. The SMILES string of the molecule is O=P(c1ccccc1)(c1ccccc1)c1ccc(-c2ccc3c(ccc4oc5nc6ccccc6nc5c43)c2)cc1. The first-order chi connectivity index (χ1) is 20.2. The second-order valence-electron chi connectivity index (χ2n) is 10.2. The smallest absolute Gasteiger partial charge is 0.246 e. The number of furan rings is 1. The van der Waals surface area contributed by atoms with Gasteiger partial charge in [0.15, 0.2) is 7.14 Å². The predicted octanol–water partition coefficient (Wildman–Crippen LogP) is 7.99. The van der Waals surface area contributed by atoms with Gasteiger partial charge in [0.2, 0.25) is 5.71 Å². The molecular weight excluding hydrogens is 523 g/mol. The van der Waals surface area contributed by atoms with Crippen LogP contribution in [0.25, 0.3) is 55.1 Å². The fraction of sp³-hybridized carbons (Fsp3) is 0. The van der Waals surface area contributed by atoms with Gasteiger partial charge in [-0.3, -0.25) is 0 Å². The number of nitrogens with zero attached hydrogens (tertiary/aromatic N) is 2. The summed E-state index contributed by atoms with van der Waals surface area (Å²) in [5, 5.41) is 5.62. The van der Waals surface area contributed by atoms with Gasteiger partial charge in [-0.05, 0) is 46.2 Å². The molecule has 0 saturated heterocycles. The summed E-state index contributed by atoms with van der Waals surface area (Å²) in [4.78, 5) is 9.60. The van der Waals surface area contributed by atoms with Crippen LogP contribution in [0.15, 0.2) is 144 Å². The third-order valence-corrected chi connectivity index (χ3v) is 10.8. The molecule has 8 rings (SSSR count). The molecule has 0 aliphatic carbocycles.